The Labute approximate surface area is 220 Å². The topological polar surface area (TPSA) is 0 Å². The normalized spacial score (nSPS) is 11.2. The molecule has 0 saturated carbocycles. The van der Waals surface area contributed by atoms with Gasteiger partial charge in [0.1, 0.15) is 0 Å². The average molecular weight is 535 g/mol. The van der Waals surface area contributed by atoms with Gasteiger partial charge in [-0.25, -0.2) is 0 Å². The molecule has 4 aromatic rings. The van der Waals surface area contributed by atoms with E-state index in [0.717, 1.165) is 44.5 Å². The maximum Gasteiger partial charge on any atom is 0.0582 e. The number of benzene rings is 4. The van der Waals surface area contributed by atoms with Crippen molar-refractivity contribution in [2.24, 2.45) is 0 Å². The van der Waals surface area contributed by atoms with E-state index < -0.39 is 0 Å². The molecule has 4 aromatic carbocycles. The van der Waals surface area contributed by atoms with E-state index in [1.54, 1.807) is 0 Å². The first-order chi connectivity index (χ1) is 15.6. The molecule has 0 N–H and O–H groups in total. The molecule has 4 rings (SSSR count). The molecule has 0 saturated heterocycles. The van der Waals surface area contributed by atoms with Crippen LogP contribution in [0.4, 0.5) is 0 Å². The highest BCUT2D eigenvalue weighted by atomic mass is 35.5. The van der Waals surface area contributed by atoms with E-state index in [0.29, 0.717) is 36.2 Å². The van der Waals surface area contributed by atoms with Gasteiger partial charge in [0.05, 0.1) is 20.1 Å². The zero-order valence-electron chi connectivity index (χ0n) is 18.6. The van der Waals surface area contributed by atoms with E-state index in [2.05, 4.69) is 6.07 Å². The van der Waals surface area contributed by atoms with Crippen molar-refractivity contribution in [3.63, 3.8) is 0 Å². The van der Waals surface area contributed by atoms with Crippen LogP contribution < -0.4 is 0 Å². The van der Waals surface area contributed by atoms with Gasteiger partial charge in [-0.3, -0.25) is 0 Å². The predicted molar refractivity (Wildman–Crippen MR) is 147 cm³/mol. The first kappa shape index (κ1) is 24.5. The van der Waals surface area contributed by atoms with Crippen molar-refractivity contribution in [3.05, 3.63) is 102 Å². The summed E-state index contributed by atoms with van der Waals surface area (Å²) < 4.78 is 0. The van der Waals surface area contributed by atoms with Crippen LogP contribution in [0.15, 0.2) is 54.6 Å². The number of halogens is 5. The Morgan fingerprint density at radius 3 is 1.52 bits per heavy atom. The van der Waals surface area contributed by atoms with Crippen LogP contribution in [0, 0.1) is 27.7 Å². The minimum atomic E-state index is 0.471. The maximum atomic E-state index is 7.15. The summed E-state index contributed by atoms with van der Waals surface area (Å²) in [6.07, 6.45) is 0. The van der Waals surface area contributed by atoms with Crippen molar-refractivity contribution in [3.8, 4) is 33.4 Å². The molecule has 0 spiro atoms. The highest BCUT2D eigenvalue weighted by Gasteiger charge is 2.27. The van der Waals surface area contributed by atoms with E-state index in [-0.39, 0.29) is 0 Å². The van der Waals surface area contributed by atoms with E-state index in [1.807, 2.05) is 76.2 Å². The Bertz CT molecular complexity index is 1260. The summed E-state index contributed by atoms with van der Waals surface area (Å²) in [5.74, 6) is 0. The lowest BCUT2D eigenvalue weighted by Gasteiger charge is -2.23. The first-order valence-corrected chi connectivity index (χ1v) is 12.3. The highest BCUT2D eigenvalue weighted by Crippen LogP contribution is 2.53. The molecule has 33 heavy (non-hydrogen) atoms. The molecule has 168 valence electrons. The summed E-state index contributed by atoms with van der Waals surface area (Å²) in [5, 5.41) is 2.67. The molecule has 0 amide bonds. The van der Waals surface area contributed by atoms with Gasteiger partial charge in [0.25, 0.3) is 0 Å². The van der Waals surface area contributed by atoms with Crippen LogP contribution in [0.2, 0.25) is 25.1 Å². The molecular formula is C28H21Cl5. The molecule has 0 nitrogen and oxygen atoms in total. The number of rotatable bonds is 3. The molecule has 0 atom stereocenters. The van der Waals surface area contributed by atoms with Gasteiger partial charge in [-0.2, -0.15) is 0 Å². The third kappa shape index (κ3) is 4.41. The van der Waals surface area contributed by atoms with E-state index in [1.165, 1.54) is 0 Å². The third-order valence-electron chi connectivity index (χ3n) is 5.81. The van der Waals surface area contributed by atoms with Crippen LogP contribution in [-0.4, -0.2) is 0 Å². The second kappa shape index (κ2) is 9.53. The van der Waals surface area contributed by atoms with Crippen LogP contribution in [0.1, 0.15) is 22.3 Å². The van der Waals surface area contributed by atoms with Crippen molar-refractivity contribution in [2.75, 3.05) is 0 Å². The molecule has 0 aliphatic carbocycles. The van der Waals surface area contributed by atoms with Crippen molar-refractivity contribution in [2.45, 2.75) is 27.7 Å². The monoisotopic (exact) mass is 532 g/mol. The fourth-order valence-corrected chi connectivity index (χ4v) is 6.55. The van der Waals surface area contributed by atoms with Crippen LogP contribution >= 0.6 is 58.0 Å². The Kier molecular flexibility index (Phi) is 7.06. The Balaban J connectivity index is 2.22. The van der Waals surface area contributed by atoms with Crippen molar-refractivity contribution >= 4 is 58.0 Å². The average Bonchev–Trinajstić information content (AvgIpc) is 2.72. The van der Waals surface area contributed by atoms with E-state index in [9.17, 15) is 0 Å². The van der Waals surface area contributed by atoms with E-state index >= 15 is 0 Å². The third-order valence-corrected chi connectivity index (χ3v) is 7.46. The fraction of sp³-hybridized carbons (Fsp3) is 0.143. The largest absolute Gasteiger partial charge is 0.0836 e. The molecule has 5 heteroatoms. The molecule has 0 aliphatic heterocycles. The van der Waals surface area contributed by atoms with Gasteiger partial charge in [0.2, 0.25) is 0 Å². The second-order valence-electron chi connectivity index (χ2n) is 8.29. The Hall–Kier alpha value is -1.67. The van der Waals surface area contributed by atoms with Crippen molar-refractivity contribution < 1.29 is 0 Å². The van der Waals surface area contributed by atoms with Crippen molar-refractivity contribution in [1.29, 1.82) is 0 Å². The molecular weight excluding hydrogens is 514 g/mol. The summed E-state index contributed by atoms with van der Waals surface area (Å²) in [5.41, 5.74) is 8.67. The second-order valence-corrected chi connectivity index (χ2v) is 10.3. The SMILES string of the molecule is Cc1cc(C)c(-c2c(Cl)c(-c3ccccc3)c(C)c(-c3c(Cl)cc(C)cc3Cl)c2Cl)c(Cl)c1. The summed E-state index contributed by atoms with van der Waals surface area (Å²) in [4.78, 5) is 0. The van der Waals surface area contributed by atoms with Gasteiger partial charge < -0.3 is 0 Å². The molecule has 0 aliphatic rings. The van der Waals surface area contributed by atoms with Gasteiger partial charge in [-0.1, -0.05) is 94.4 Å². The standard InChI is InChI=1S/C28H21Cl5/c1-14-10-16(3)22(19(29)11-14)26-27(32)23(18-8-6-5-7-9-18)17(4)24(28(26)33)25-20(30)12-15(2)13-21(25)31/h5-13H,1-4H3. The molecule has 0 aromatic heterocycles. The van der Waals surface area contributed by atoms with Gasteiger partial charge in [0.15, 0.2) is 0 Å². The molecule has 0 bridgehead atoms. The zero-order chi connectivity index (χ0) is 24.0. The lowest BCUT2D eigenvalue weighted by Crippen LogP contribution is -1.99. The highest BCUT2D eigenvalue weighted by molar-refractivity contribution is 6.46. The smallest absolute Gasteiger partial charge is 0.0582 e. The number of hydrogen-bond acceptors (Lipinski definition) is 0. The predicted octanol–water partition coefficient (Wildman–Crippen LogP) is 11.2. The summed E-state index contributed by atoms with van der Waals surface area (Å²) >= 11 is 34.5. The van der Waals surface area contributed by atoms with Crippen molar-refractivity contribution in [1.82, 2.24) is 0 Å². The molecule has 0 unspecified atom stereocenters. The minimum Gasteiger partial charge on any atom is -0.0836 e. The molecule has 0 radical (unpaired) electrons. The number of hydrogen-bond donors (Lipinski definition) is 0. The summed E-state index contributed by atoms with van der Waals surface area (Å²) in [6.45, 7) is 7.96. The molecule has 0 fully saturated rings. The van der Waals surface area contributed by atoms with Gasteiger partial charge >= 0.3 is 0 Å². The lowest BCUT2D eigenvalue weighted by atomic mass is 9.86. The van der Waals surface area contributed by atoms with Crippen LogP contribution in [-0.2, 0) is 0 Å². The number of aryl methyl sites for hydroxylation is 3. The maximum absolute atomic E-state index is 7.15. The quantitative estimate of drug-likeness (QED) is 0.245. The Morgan fingerprint density at radius 2 is 0.970 bits per heavy atom. The lowest BCUT2D eigenvalue weighted by molar-refractivity contribution is 1.37. The van der Waals surface area contributed by atoms with Gasteiger partial charge in [0, 0.05) is 32.8 Å². The summed E-state index contributed by atoms with van der Waals surface area (Å²) in [7, 11) is 0. The molecule has 0 heterocycles. The van der Waals surface area contributed by atoms with E-state index in [4.69, 9.17) is 58.0 Å². The van der Waals surface area contributed by atoms with Crippen LogP contribution in [0.5, 0.6) is 0 Å². The van der Waals surface area contributed by atoms with Crippen LogP contribution in [0.3, 0.4) is 0 Å². The fourth-order valence-electron chi connectivity index (χ4n) is 4.44. The Morgan fingerprint density at radius 1 is 0.485 bits per heavy atom. The first-order valence-electron chi connectivity index (χ1n) is 10.4. The zero-order valence-corrected chi connectivity index (χ0v) is 22.4. The van der Waals surface area contributed by atoms with Gasteiger partial charge in [-0.05, 0) is 73.7 Å². The van der Waals surface area contributed by atoms with Crippen LogP contribution in [0.25, 0.3) is 33.4 Å². The summed E-state index contributed by atoms with van der Waals surface area (Å²) in [6, 6.07) is 17.8. The minimum absolute atomic E-state index is 0.471. The van der Waals surface area contributed by atoms with Gasteiger partial charge in [-0.15, -0.1) is 0 Å².